The molecule has 0 aliphatic carbocycles. The second kappa shape index (κ2) is 6.12. The first-order valence-electron chi connectivity index (χ1n) is 8.25. The predicted molar refractivity (Wildman–Crippen MR) is 85.7 cm³/mol. The van der Waals surface area contributed by atoms with E-state index in [2.05, 4.69) is 15.0 Å². The van der Waals surface area contributed by atoms with E-state index in [1.165, 1.54) is 0 Å². The number of morpholine rings is 1. The highest BCUT2D eigenvalue weighted by Gasteiger charge is 2.40. The minimum absolute atomic E-state index is 0.124. The van der Waals surface area contributed by atoms with Gasteiger partial charge in [0.1, 0.15) is 5.56 Å². The Labute approximate surface area is 139 Å². The van der Waals surface area contributed by atoms with Crippen molar-refractivity contribution >= 4 is 11.6 Å². The number of carbonyl (C=O) groups excluding carboxylic acids is 1. The molecule has 8 heteroatoms. The highest BCUT2D eigenvalue weighted by Crippen LogP contribution is 2.25. The van der Waals surface area contributed by atoms with Crippen LogP contribution in [-0.4, -0.2) is 87.0 Å². The van der Waals surface area contributed by atoms with E-state index in [0.717, 1.165) is 13.1 Å². The number of aliphatic hydroxyl groups is 1. The molecule has 4 rings (SSSR count). The molecule has 8 nitrogen and oxygen atoms in total. The molecular weight excluding hydrogens is 310 g/mol. The Morgan fingerprint density at radius 2 is 2.17 bits per heavy atom. The van der Waals surface area contributed by atoms with Gasteiger partial charge in [-0.2, -0.15) is 5.10 Å². The van der Waals surface area contributed by atoms with Crippen molar-refractivity contribution in [1.82, 2.24) is 24.4 Å². The summed E-state index contributed by atoms with van der Waals surface area (Å²) in [5.74, 6) is -0.124. The van der Waals surface area contributed by atoms with Crippen LogP contribution in [0.2, 0.25) is 0 Å². The third kappa shape index (κ3) is 2.88. The fourth-order valence-electron chi connectivity index (χ4n) is 3.48. The number of aromatic nitrogens is 3. The van der Waals surface area contributed by atoms with E-state index in [4.69, 9.17) is 4.74 Å². The lowest BCUT2D eigenvalue weighted by molar-refractivity contribution is -0.0257. The topological polar surface area (TPSA) is 83.2 Å². The van der Waals surface area contributed by atoms with E-state index < -0.39 is 5.60 Å². The van der Waals surface area contributed by atoms with E-state index >= 15 is 0 Å². The number of hydrogen-bond donors (Lipinski definition) is 1. The average Bonchev–Trinajstić information content (AvgIpc) is 3.19. The first kappa shape index (κ1) is 15.5. The third-order valence-corrected chi connectivity index (χ3v) is 4.75. The largest absolute Gasteiger partial charge is 0.387 e. The molecule has 128 valence electrons. The zero-order valence-electron chi connectivity index (χ0n) is 13.5. The van der Waals surface area contributed by atoms with E-state index in [1.54, 1.807) is 34.1 Å². The minimum Gasteiger partial charge on any atom is -0.387 e. The second-order valence-corrected chi connectivity index (χ2v) is 6.54. The molecule has 1 atom stereocenters. The molecule has 2 aromatic heterocycles. The van der Waals surface area contributed by atoms with E-state index in [0.29, 0.717) is 50.5 Å². The number of fused-ring (bicyclic) bond motifs is 1. The smallest absolute Gasteiger partial charge is 0.259 e. The Hall–Kier alpha value is -2.03. The van der Waals surface area contributed by atoms with Crippen LogP contribution in [0.4, 0.5) is 0 Å². The maximum atomic E-state index is 12.8. The molecule has 0 spiro atoms. The Morgan fingerprint density at radius 1 is 1.33 bits per heavy atom. The highest BCUT2D eigenvalue weighted by molar-refractivity contribution is 5.99. The summed E-state index contributed by atoms with van der Waals surface area (Å²) >= 11 is 0. The van der Waals surface area contributed by atoms with Gasteiger partial charge < -0.3 is 14.7 Å². The quantitative estimate of drug-likeness (QED) is 0.827. The summed E-state index contributed by atoms with van der Waals surface area (Å²) in [5, 5.41) is 15.0. The van der Waals surface area contributed by atoms with Crippen LogP contribution in [0.3, 0.4) is 0 Å². The van der Waals surface area contributed by atoms with Crippen LogP contribution >= 0.6 is 0 Å². The van der Waals surface area contributed by atoms with Crippen molar-refractivity contribution in [2.45, 2.75) is 12.0 Å². The standard InChI is InChI=1S/C16H21N5O3/c22-15(13-10-18-21-4-1-3-17-14(13)21)20-5-2-16(23,12-20)11-19-6-8-24-9-7-19/h1,3-4,10,23H,2,5-9,11-12H2/t16-/m0/s1. The van der Waals surface area contributed by atoms with E-state index in [1.807, 2.05) is 0 Å². The monoisotopic (exact) mass is 331 g/mol. The number of rotatable bonds is 3. The SMILES string of the molecule is O=C(c1cnn2cccnc12)N1CC[C@](O)(CN2CCOCC2)C1. The predicted octanol–water partition coefficient (Wildman–Crippen LogP) is -0.361. The van der Waals surface area contributed by atoms with Crippen LogP contribution in [-0.2, 0) is 4.74 Å². The Kier molecular flexibility index (Phi) is 3.95. The summed E-state index contributed by atoms with van der Waals surface area (Å²) in [6, 6.07) is 1.77. The summed E-state index contributed by atoms with van der Waals surface area (Å²) < 4.78 is 6.93. The van der Waals surface area contributed by atoms with Gasteiger partial charge in [0.2, 0.25) is 0 Å². The summed E-state index contributed by atoms with van der Waals surface area (Å²) in [7, 11) is 0. The van der Waals surface area contributed by atoms with Crippen molar-refractivity contribution in [3.05, 3.63) is 30.2 Å². The maximum Gasteiger partial charge on any atom is 0.259 e. The van der Waals surface area contributed by atoms with Gasteiger partial charge in [0.15, 0.2) is 5.65 Å². The minimum atomic E-state index is -0.858. The number of likely N-dealkylation sites (tertiary alicyclic amines) is 1. The first-order valence-corrected chi connectivity index (χ1v) is 8.25. The maximum absolute atomic E-state index is 12.8. The summed E-state index contributed by atoms with van der Waals surface area (Å²) in [4.78, 5) is 20.9. The van der Waals surface area contributed by atoms with Crippen LogP contribution in [0.5, 0.6) is 0 Å². The van der Waals surface area contributed by atoms with Crippen molar-refractivity contribution < 1.29 is 14.6 Å². The van der Waals surface area contributed by atoms with Crippen molar-refractivity contribution in [2.75, 3.05) is 45.9 Å². The second-order valence-electron chi connectivity index (χ2n) is 6.54. The molecule has 1 amide bonds. The molecule has 0 unspecified atom stereocenters. The number of carbonyl (C=O) groups is 1. The molecule has 4 heterocycles. The van der Waals surface area contributed by atoms with Crippen molar-refractivity contribution in [3.8, 4) is 0 Å². The van der Waals surface area contributed by atoms with Gasteiger partial charge in [0.25, 0.3) is 5.91 Å². The van der Waals surface area contributed by atoms with Crippen LogP contribution in [0.1, 0.15) is 16.8 Å². The van der Waals surface area contributed by atoms with Gasteiger partial charge in [-0.25, -0.2) is 9.50 Å². The Bertz CT molecular complexity index is 742. The number of hydrogen-bond acceptors (Lipinski definition) is 6. The summed E-state index contributed by atoms with van der Waals surface area (Å²) in [6.07, 6.45) is 5.54. The molecule has 0 aromatic carbocycles. The van der Waals surface area contributed by atoms with Crippen molar-refractivity contribution in [3.63, 3.8) is 0 Å². The van der Waals surface area contributed by atoms with Crippen LogP contribution in [0.25, 0.3) is 5.65 Å². The van der Waals surface area contributed by atoms with Gasteiger partial charge in [0, 0.05) is 38.6 Å². The zero-order chi connectivity index (χ0) is 16.6. The molecule has 2 fully saturated rings. The van der Waals surface area contributed by atoms with Gasteiger partial charge in [-0.05, 0) is 12.5 Å². The summed E-state index contributed by atoms with van der Waals surface area (Å²) in [5.41, 5.74) is 0.168. The zero-order valence-corrected chi connectivity index (χ0v) is 13.5. The molecular formula is C16H21N5O3. The lowest BCUT2D eigenvalue weighted by Gasteiger charge is -2.33. The lowest BCUT2D eigenvalue weighted by Crippen LogP contribution is -2.49. The molecule has 1 N–H and O–H groups in total. The number of ether oxygens (including phenoxy) is 1. The van der Waals surface area contributed by atoms with Crippen molar-refractivity contribution in [1.29, 1.82) is 0 Å². The number of amides is 1. The fourth-order valence-corrected chi connectivity index (χ4v) is 3.48. The average molecular weight is 331 g/mol. The lowest BCUT2D eigenvalue weighted by atomic mass is 10.0. The summed E-state index contributed by atoms with van der Waals surface area (Å²) in [6.45, 7) is 4.52. The number of nitrogens with zero attached hydrogens (tertiary/aromatic N) is 5. The molecule has 2 aliphatic heterocycles. The van der Waals surface area contributed by atoms with E-state index in [-0.39, 0.29) is 5.91 Å². The molecule has 2 aliphatic rings. The normalized spacial score (nSPS) is 25.5. The Morgan fingerprint density at radius 3 is 3.00 bits per heavy atom. The molecule has 24 heavy (non-hydrogen) atoms. The molecule has 2 aromatic rings. The molecule has 0 saturated carbocycles. The highest BCUT2D eigenvalue weighted by atomic mass is 16.5. The van der Waals surface area contributed by atoms with Gasteiger partial charge in [-0.3, -0.25) is 9.69 Å². The Balaban J connectivity index is 1.46. The molecule has 2 saturated heterocycles. The van der Waals surface area contributed by atoms with Crippen molar-refractivity contribution in [2.24, 2.45) is 0 Å². The fraction of sp³-hybridized carbons (Fsp3) is 0.562. The third-order valence-electron chi connectivity index (χ3n) is 4.75. The van der Waals surface area contributed by atoms with Gasteiger partial charge in [-0.15, -0.1) is 0 Å². The first-order chi connectivity index (χ1) is 11.6. The van der Waals surface area contributed by atoms with Gasteiger partial charge in [-0.1, -0.05) is 0 Å². The molecule has 0 radical (unpaired) electrons. The van der Waals surface area contributed by atoms with E-state index in [9.17, 15) is 9.90 Å². The van der Waals surface area contributed by atoms with Gasteiger partial charge >= 0.3 is 0 Å². The van der Waals surface area contributed by atoms with Crippen LogP contribution in [0.15, 0.2) is 24.7 Å². The van der Waals surface area contributed by atoms with Crippen LogP contribution < -0.4 is 0 Å². The van der Waals surface area contributed by atoms with Crippen LogP contribution in [0, 0.1) is 0 Å². The van der Waals surface area contributed by atoms with Gasteiger partial charge in [0.05, 0.1) is 31.6 Å². The molecule has 0 bridgehead atoms. The number of β-amino-alcohol motifs (C(OH)–C–C–N with tert-alkyl or cyclic N) is 1.